The number of amides is 2. The van der Waals surface area contributed by atoms with Gasteiger partial charge >= 0.3 is 0 Å². The molecule has 0 radical (unpaired) electrons. The predicted molar refractivity (Wildman–Crippen MR) is 109 cm³/mol. The van der Waals surface area contributed by atoms with Gasteiger partial charge in [0, 0.05) is 31.6 Å². The third-order valence-electron chi connectivity index (χ3n) is 5.23. The van der Waals surface area contributed by atoms with Gasteiger partial charge in [-0.1, -0.05) is 23.4 Å². The van der Waals surface area contributed by atoms with E-state index in [0.29, 0.717) is 44.0 Å². The summed E-state index contributed by atoms with van der Waals surface area (Å²) in [5.41, 5.74) is 2.52. The summed E-state index contributed by atoms with van der Waals surface area (Å²) in [7, 11) is 0. The number of carbonyl (C=O) groups excluding carboxylic acids is 2. The van der Waals surface area contributed by atoms with E-state index in [4.69, 9.17) is 9.26 Å². The smallest absolute Gasteiger partial charge is 0.273 e. The van der Waals surface area contributed by atoms with Crippen molar-refractivity contribution in [1.82, 2.24) is 15.4 Å². The van der Waals surface area contributed by atoms with Gasteiger partial charge in [0.25, 0.3) is 5.91 Å². The Labute approximate surface area is 171 Å². The molecule has 1 aromatic heterocycles. The number of benzene rings is 1. The highest BCUT2D eigenvalue weighted by Gasteiger charge is 2.24. The molecule has 2 amide bonds. The van der Waals surface area contributed by atoms with Gasteiger partial charge in [-0.3, -0.25) is 9.59 Å². The molecule has 2 heterocycles. The molecule has 2 aromatic rings. The van der Waals surface area contributed by atoms with E-state index in [-0.39, 0.29) is 17.9 Å². The van der Waals surface area contributed by atoms with E-state index in [9.17, 15) is 9.59 Å². The summed E-state index contributed by atoms with van der Waals surface area (Å²) in [6.45, 7) is 7.64. The number of nitrogens with zero attached hydrogens (tertiary/aromatic N) is 2. The lowest BCUT2D eigenvalue weighted by atomic mass is 10.0. The van der Waals surface area contributed by atoms with Crippen molar-refractivity contribution < 1.29 is 18.8 Å². The average molecular weight is 399 g/mol. The van der Waals surface area contributed by atoms with Gasteiger partial charge in [0.2, 0.25) is 5.91 Å². The molecule has 0 saturated carbocycles. The first-order valence-corrected chi connectivity index (χ1v) is 10.1. The van der Waals surface area contributed by atoms with Gasteiger partial charge in [-0.15, -0.1) is 0 Å². The molecular formula is C22H29N3O4. The number of para-hydroxylation sites is 1. The van der Waals surface area contributed by atoms with Crippen molar-refractivity contribution in [3.63, 3.8) is 0 Å². The molecule has 0 aliphatic carbocycles. The quantitative estimate of drug-likeness (QED) is 0.723. The van der Waals surface area contributed by atoms with Gasteiger partial charge < -0.3 is 19.5 Å². The van der Waals surface area contributed by atoms with Gasteiger partial charge in [0.1, 0.15) is 11.5 Å². The van der Waals surface area contributed by atoms with Crippen LogP contribution in [-0.2, 0) is 4.79 Å². The fourth-order valence-corrected chi connectivity index (χ4v) is 3.59. The van der Waals surface area contributed by atoms with Gasteiger partial charge in [-0.05, 0) is 51.2 Å². The summed E-state index contributed by atoms with van der Waals surface area (Å²) in [5, 5.41) is 6.70. The highest BCUT2D eigenvalue weighted by Crippen LogP contribution is 2.22. The Morgan fingerprint density at radius 1 is 1.21 bits per heavy atom. The third-order valence-corrected chi connectivity index (χ3v) is 5.23. The van der Waals surface area contributed by atoms with Crippen molar-refractivity contribution in [2.75, 3.05) is 19.7 Å². The Hall–Kier alpha value is -2.83. The highest BCUT2D eigenvalue weighted by atomic mass is 16.5. The number of rotatable bonds is 7. The summed E-state index contributed by atoms with van der Waals surface area (Å²) in [6.07, 6.45) is 2.65. The molecule has 1 fully saturated rings. The molecule has 29 heavy (non-hydrogen) atoms. The Kier molecular flexibility index (Phi) is 6.90. The molecule has 1 aromatic carbocycles. The summed E-state index contributed by atoms with van der Waals surface area (Å²) in [5.74, 6) is 1.44. The molecule has 0 bridgehead atoms. The minimum Gasteiger partial charge on any atom is -0.493 e. The van der Waals surface area contributed by atoms with E-state index in [1.807, 2.05) is 36.9 Å². The Balaban J connectivity index is 1.36. The molecule has 0 unspecified atom stereocenters. The number of carbonyl (C=O) groups is 2. The van der Waals surface area contributed by atoms with E-state index in [1.165, 1.54) is 0 Å². The second-order valence-electron chi connectivity index (χ2n) is 7.62. The van der Waals surface area contributed by atoms with Gasteiger partial charge in [-0.25, -0.2) is 0 Å². The van der Waals surface area contributed by atoms with Crippen molar-refractivity contribution in [1.29, 1.82) is 0 Å². The zero-order valence-corrected chi connectivity index (χ0v) is 17.4. The molecular weight excluding hydrogens is 370 g/mol. The number of hydrogen-bond donors (Lipinski definition) is 1. The van der Waals surface area contributed by atoms with E-state index in [1.54, 1.807) is 13.0 Å². The summed E-state index contributed by atoms with van der Waals surface area (Å²) < 4.78 is 10.8. The van der Waals surface area contributed by atoms with Crippen molar-refractivity contribution in [2.45, 2.75) is 52.5 Å². The second-order valence-corrected chi connectivity index (χ2v) is 7.62. The molecule has 1 saturated heterocycles. The number of aromatic nitrogens is 1. The third kappa shape index (κ3) is 5.59. The van der Waals surface area contributed by atoms with Crippen LogP contribution in [0.3, 0.4) is 0 Å². The van der Waals surface area contributed by atoms with Crippen LogP contribution in [0.4, 0.5) is 0 Å². The lowest BCUT2D eigenvalue weighted by Gasteiger charge is -2.32. The zero-order valence-electron chi connectivity index (χ0n) is 17.4. The van der Waals surface area contributed by atoms with Crippen LogP contribution in [0.15, 0.2) is 28.8 Å². The van der Waals surface area contributed by atoms with Crippen molar-refractivity contribution >= 4 is 11.8 Å². The molecule has 1 aliphatic heterocycles. The molecule has 156 valence electrons. The van der Waals surface area contributed by atoms with Crippen molar-refractivity contribution in [2.24, 2.45) is 0 Å². The first kappa shape index (κ1) is 20.9. The number of ether oxygens (including phenoxy) is 1. The maximum absolute atomic E-state index is 12.5. The standard InChI is InChI=1S/C22H29N3O4/c1-15-6-4-7-16(2)21(15)28-13-5-8-20(26)25-11-9-18(10-12-25)23-22(27)19-14-17(3)29-24-19/h4,6-7,14,18H,5,8-13H2,1-3H3,(H,23,27). The Bertz CT molecular complexity index is 833. The molecule has 0 atom stereocenters. The van der Waals surface area contributed by atoms with Crippen LogP contribution in [0.25, 0.3) is 0 Å². The fourth-order valence-electron chi connectivity index (χ4n) is 3.59. The lowest BCUT2D eigenvalue weighted by molar-refractivity contribution is -0.132. The summed E-state index contributed by atoms with van der Waals surface area (Å²) >= 11 is 0. The fraction of sp³-hybridized carbons (Fsp3) is 0.500. The molecule has 1 N–H and O–H groups in total. The predicted octanol–water partition coefficient (Wildman–Crippen LogP) is 3.18. The van der Waals surface area contributed by atoms with E-state index in [0.717, 1.165) is 29.7 Å². The van der Waals surface area contributed by atoms with Crippen LogP contribution in [0.1, 0.15) is 53.1 Å². The first-order valence-electron chi connectivity index (χ1n) is 10.1. The molecule has 1 aliphatic rings. The number of nitrogens with one attached hydrogen (secondary N) is 1. The first-order chi connectivity index (χ1) is 13.9. The molecule has 7 heteroatoms. The minimum atomic E-state index is -0.227. The number of likely N-dealkylation sites (tertiary alicyclic amines) is 1. The van der Waals surface area contributed by atoms with Gasteiger partial charge in [-0.2, -0.15) is 0 Å². The van der Waals surface area contributed by atoms with E-state index in [2.05, 4.69) is 10.5 Å². The topological polar surface area (TPSA) is 84.7 Å². The average Bonchev–Trinajstić information content (AvgIpc) is 3.14. The highest BCUT2D eigenvalue weighted by molar-refractivity contribution is 5.92. The number of aryl methyl sites for hydroxylation is 3. The number of piperidine rings is 1. The second kappa shape index (κ2) is 9.58. The van der Waals surface area contributed by atoms with Crippen LogP contribution < -0.4 is 10.1 Å². The van der Waals surface area contributed by atoms with Gasteiger partial charge in [0.15, 0.2) is 5.69 Å². The molecule has 3 rings (SSSR count). The Morgan fingerprint density at radius 3 is 2.52 bits per heavy atom. The largest absolute Gasteiger partial charge is 0.493 e. The molecule has 7 nitrogen and oxygen atoms in total. The summed E-state index contributed by atoms with van der Waals surface area (Å²) in [6, 6.07) is 7.74. The lowest BCUT2D eigenvalue weighted by Crippen LogP contribution is -2.46. The van der Waals surface area contributed by atoms with Gasteiger partial charge in [0.05, 0.1) is 6.61 Å². The van der Waals surface area contributed by atoms with Crippen molar-refractivity contribution in [3.05, 3.63) is 46.8 Å². The van der Waals surface area contributed by atoms with Crippen LogP contribution in [0, 0.1) is 20.8 Å². The van der Waals surface area contributed by atoms with Crippen LogP contribution in [0.5, 0.6) is 5.75 Å². The van der Waals surface area contributed by atoms with E-state index >= 15 is 0 Å². The molecule has 0 spiro atoms. The van der Waals surface area contributed by atoms with Crippen LogP contribution in [0.2, 0.25) is 0 Å². The van der Waals surface area contributed by atoms with Crippen molar-refractivity contribution in [3.8, 4) is 5.75 Å². The SMILES string of the molecule is Cc1cc(C(=O)NC2CCN(C(=O)CCCOc3c(C)cccc3C)CC2)no1. The van der Waals surface area contributed by atoms with Crippen LogP contribution in [-0.4, -0.2) is 47.6 Å². The normalized spacial score (nSPS) is 14.7. The maximum Gasteiger partial charge on any atom is 0.273 e. The number of hydrogen-bond acceptors (Lipinski definition) is 5. The zero-order chi connectivity index (χ0) is 20.8. The maximum atomic E-state index is 12.5. The van der Waals surface area contributed by atoms with Crippen LogP contribution >= 0.6 is 0 Å². The monoisotopic (exact) mass is 399 g/mol. The minimum absolute atomic E-state index is 0.0518. The summed E-state index contributed by atoms with van der Waals surface area (Å²) in [4.78, 5) is 26.5. The van der Waals surface area contributed by atoms with E-state index < -0.39 is 0 Å². The Morgan fingerprint density at radius 2 is 1.90 bits per heavy atom.